The van der Waals surface area contributed by atoms with Crippen LogP contribution in [-0.2, 0) is 0 Å². The van der Waals surface area contributed by atoms with Crippen molar-refractivity contribution >= 4 is 39.3 Å². The third-order valence-corrected chi connectivity index (χ3v) is 4.58. The van der Waals surface area contributed by atoms with Gasteiger partial charge in [-0.05, 0) is 38.4 Å². The van der Waals surface area contributed by atoms with E-state index in [4.69, 9.17) is 16.2 Å². The molecular weight excluding hydrogens is 401 g/mol. The minimum absolute atomic E-state index is 0.347. The highest BCUT2D eigenvalue weighted by molar-refractivity contribution is 9.10. The number of rotatable bonds is 5. The topological polar surface area (TPSA) is 80.1 Å². The number of nitrogen functional groups attached to an aromatic ring is 1. The van der Waals surface area contributed by atoms with E-state index in [1.165, 1.54) is 12.4 Å². The van der Waals surface area contributed by atoms with Gasteiger partial charge in [0.05, 0.1) is 23.4 Å². The molecule has 26 heavy (non-hydrogen) atoms. The molecule has 1 atom stereocenters. The zero-order chi connectivity index (χ0) is 18.8. The first-order valence-corrected chi connectivity index (χ1v) is 8.90. The highest BCUT2D eigenvalue weighted by Gasteiger charge is 2.25. The Balaban J connectivity index is 1.87. The molecule has 0 bridgehead atoms. The number of fused-ring (bicyclic) bond motifs is 1. The lowest BCUT2D eigenvalue weighted by Gasteiger charge is -2.31. The summed E-state index contributed by atoms with van der Waals surface area (Å²) in [4.78, 5) is 8.01. The van der Waals surface area contributed by atoms with Crippen molar-refractivity contribution in [1.29, 1.82) is 0 Å². The van der Waals surface area contributed by atoms with Crippen LogP contribution in [-0.4, -0.2) is 38.5 Å². The zero-order valence-electron chi connectivity index (χ0n) is 14.6. The van der Waals surface area contributed by atoms with Crippen molar-refractivity contribution in [2.75, 3.05) is 37.9 Å². The van der Waals surface area contributed by atoms with Crippen molar-refractivity contribution in [1.82, 2.24) is 4.90 Å². The Morgan fingerprint density at radius 3 is 2.77 bits per heavy atom. The van der Waals surface area contributed by atoms with Gasteiger partial charge < -0.3 is 26.0 Å². The van der Waals surface area contributed by atoms with Crippen LogP contribution in [0.5, 0.6) is 5.75 Å². The van der Waals surface area contributed by atoms with E-state index in [2.05, 4.69) is 20.9 Å². The first-order chi connectivity index (χ1) is 12.4. The Bertz CT molecular complexity index is 843. The van der Waals surface area contributed by atoms with Gasteiger partial charge in [-0.15, -0.1) is 0 Å². The molecule has 1 heterocycles. The number of hydrogen-bond donors (Lipinski definition) is 2. The van der Waals surface area contributed by atoms with E-state index >= 15 is 0 Å². The molecule has 1 unspecified atom stereocenters. The number of nitrogens with two attached hydrogens (primary N) is 2. The number of likely N-dealkylation sites (N-methyl/N-ethyl adjacent to an activating group) is 1. The fourth-order valence-corrected chi connectivity index (χ4v) is 3.00. The van der Waals surface area contributed by atoms with E-state index in [1.54, 1.807) is 29.2 Å². The van der Waals surface area contributed by atoms with Crippen LogP contribution in [0.3, 0.4) is 0 Å². The minimum atomic E-state index is -0.601. The molecule has 0 saturated carbocycles. The Morgan fingerprint density at radius 2 is 2.08 bits per heavy atom. The van der Waals surface area contributed by atoms with Crippen molar-refractivity contribution < 1.29 is 9.13 Å². The normalized spacial score (nSPS) is 16.1. The molecule has 0 amide bonds. The lowest BCUT2D eigenvalue weighted by molar-refractivity contribution is 0.262. The molecule has 8 heteroatoms. The summed E-state index contributed by atoms with van der Waals surface area (Å²) in [7, 11) is 3.94. The van der Waals surface area contributed by atoms with Gasteiger partial charge >= 0.3 is 0 Å². The van der Waals surface area contributed by atoms with Crippen molar-refractivity contribution in [2.24, 2.45) is 10.7 Å². The predicted molar refractivity (Wildman–Crippen MR) is 107 cm³/mol. The number of nitrogens with zero attached hydrogens (tertiary/aromatic N) is 3. The third kappa shape index (κ3) is 3.82. The summed E-state index contributed by atoms with van der Waals surface area (Å²) in [5, 5.41) is 0. The molecule has 0 radical (unpaired) electrons. The first kappa shape index (κ1) is 18.6. The Hall–Kier alpha value is -2.16. The largest absolute Gasteiger partial charge is 0.490 e. The van der Waals surface area contributed by atoms with E-state index in [1.807, 2.05) is 19.0 Å². The van der Waals surface area contributed by atoms with Gasteiger partial charge in [0.2, 0.25) is 0 Å². The van der Waals surface area contributed by atoms with Crippen LogP contribution in [0.25, 0.3) is 0 Å². The summed E-state index contributed by atoms with van der Waals surface area (Å²) in [6, 6.07) is 8.31. The number of benzene rings is 2. The van der Waals surface area contributed by atoms with Crippen LogP contribution in [0.2, 0.25) is 0 Å². The second-order valence-corrected chi connectivity index (χ2v) is 7.21. The van der Waals surface area contributed by atoms with Gasteiger partial charge in [0.25, 0.3) is 0 Å². The van der Waals surface area contributed by atoms with Crippen LogP contribution >= 0.6 is 15.9 Å². The molecule has 2 aromatic carbocycles. The summed E-state index contributed by atoms with van der Waals surface area (Å²) in [6.07, 6.45) is 0.926. The van der Waals surface area contributed by atoms with Gasteiger partial charge in [0.15, 0.2) is 0 Å². The minimum Gasteiger partial charge on any atom is -0.490 e. The first-order valence-electron chi connectivity index (χ1n) is 8.11. The van der Waals surface area contributed by atoms with Gasteiger partial charge in [0, 0.05) is 22.6 Å². The molecule has 0 spiro atoms. The monoisotopic (exact) mass is 421 g/mol. The van der Waals surface area contributed by atoms with Crippen LogP contribution in [0.4, 0.5) is 21.5 Å². The average molecular weight is 422 g/mol. The molecule has 4 N–H and O–H groups in total. The van der Waals surface area contributed by atoms with Crippen LogP contribution < -0.4 is 21.1 Å². The van der Waals surface area contributed by atoms with E-state index in [0.29, 0.717) is 39.5 Å². The average Bonchev–Trinajstić information content (AvgIpc) is 2.57. The highest BCUT2D eigenvalue weighted by atomic mass is 79.9. The summed E-state index contributed by atoms with van der Waals surface area (Å²) >= 11 is 3.25. The maximum absolute atomic E-state index is 14.3. The van der Waals surface area contributed by atoms with Gasteiger partial charge in [-0.3, -0.25) is 0 Å². The Kier molecular flexibility index (Phi) is 5.45. The van der Waals surface area contributed by atoms with Crippen LogP contribution in [0.1, 0.15) is 11.7 Å². The fraction of sp³-hybridized carbons (Fsp3) is 0.278. The molecule has 3 rings (SSSR count). The van der Waals surface area contributed by atoms with Gasteiger partial charge in [0.1, 0.15) is 24.3 Å². The summed E-state index contributed by atoms with van der Waals surface area (Å²) < 4.78 is 20.7. The lowest BCUT2D eigenvalue weighted by atomic mass is 10.1. The molecule has 138 valence electrons. The molecule has 0 saturated heterocycles. The van der Waals surface area contributed by atoms with Gasteiger partial charge in [-0.1, -0.05) is 15.9 Å². The van der Waals surface area contributed by atoms with E-state index in [0.717, 1.165) is 6.54 Å². The molecule has 0 fully saturated rings. The van der Waals surface area contributed by atoms with Crippen LogP contribution in [0.15, 0.2) is 39.8 Å². The molecule has 1 aliphatic rings. The third-order valence-electron chi connectivity index (χ3n) is 4.08. The highest BCUT2D eigenvalue weighted by Crippen LogP contribution is 2.39. The number of aliphatic imine (C=N–C) groups is 1. The standard InChI is InChI=1S/C18H21BrFN5O/c1-24(2)5-6-26-17-9-15-12(8-14(17)21)18(22)25(10-23-15)16-4-3-11(19)7-13(16)20/h3-4,7-10,18H,5-6,21-22H2,1-2H3. The maximum atomic E-state index is 14.3. The smallest absolute Gasteiger partial charge is 0.148 e. The second-order valence-electron chi connectivity index (χ2n) is 6.29. The summed E-state index contributed by atoms with van der Waals surface area (Å²) in [5.74, 6) is 0.180. The number of halogens is 2. The molecular formula is C18H21BrFN5O. The molecule has 1 aliphatic heterocycles. The van der Waals surface area contributed by atoms with Gasteiger partial charge in [-0.25, -0.2) is 9.38 Å². The van der Waals surface area contributed by atoms with Gasteiger partial charge in [-0.2, -0.15) is 0 Å². The molecule has 0 aromatic heterocycles. The van der Waals surface area contributed by atoms with E-state index in [9.17, 15) is 4.39 Å². The lowest BCUT2D eigenvalue weighted by Crippen LogP contribution is -2.36. The predicted octanol–water partition coefficient (Wildman–Crippen LogP) is 3.25. The van der Waals surface area contributed by atoms with Crippen molar-refractivity contribution in [2.45, 2.75) is 6.17 Å². The summed E-state index contributed by atoms with van der Waals surface area (Å²) in [5.41, 5.74) is 14.7. The molecule has 2 aromatic rings. The fourth-order valence-electron chi connectivity index (χ4n) is 2.66. The van der Waals surface area contributed by atoms with Crippen molar-refractivity contribution in [3.63, 3.8) is 0 Å². The summed E-state index contributed by atoms with van der Waals surface area (Å²) in [6.45, 7) is 1.29. The van der Waals surface area contributed by atoms with E-state index < -0.39 is 6.17 Å². The van der Waals surface area contributed by atoms with Crippen LogP contribution in [0, 0.1) is 5.82 Å². The quantitative estimate of drug-likeness (QED) is 0.724. The zero-order valence-corrected chi connectivity index (χ0v) is 16.2. The SMILES string of the molecule is CN(C)CCOc1cc2c(cc1N)C(N)N(c1ccc(Br)cc1F)C=N2. The van der Waals surface area contributed by atoms with E-state index in [-0.39, 0.29) is 5.82 Å². The number of ether oxygens (including phenoxy) is 1. The van der Waals surface area contributed by atoms with Crippen molar-refractivity contribution in [3.05, 3.63) is 46.2 Å². The number of anilines is 2. The molecule has 6 nitrogen and oxygen atoms in total. The number of hydrogen-bond acceptors (Lipinski definition) is 6. The molecule has 0 aliphatic carbocycles. The Labute approximate surface area is 160 Å². The maximum Gasteiger partial charge on any atom is 0.148 e. The second kappa shape index (κ2) is 7.61. The van der Waals surface area contributed by atoms with Crippen molar-refractivity contribution in [3.8, 4) is 5.75 Å². The Morgan fingerprint density at radius 1 is 1.31 bits per heavy atom.